The quantitative estimate of drug-likeness (QED) is 0.479. The van der Waals surface area contributed by atoms with Gasteiger partial charge in [0.1, 0.15) is 22.9 Å². The molecular formula is C20H15BrFN3O2S. The van der Waals surface area contributed by atoms with Crippen molar-refractivity contribution in [3.63, 3.8) is 0 Å². The Bertz CT molecular complexity index is 1310. The number of carbonyl (C=O) groups excluding carboxylic acids is 1. The summed E-state index contributed by atoms with van der Waals surface area (Å²) >= 11 is 4.61. The highest BCUT2D eigenvalue weighted by Gasteiger charge is 2.18. The summed E-state index contributed by atoms with van der Waals surface area (Å²) < 4.78 is 17.5. The minimum atomic E-state index is -0.406. The highest BCUT2D eigenvalue weighted by molar-refractivity contribution is 9.10. The highest BCUT2D eigenvalue weighted by Crippen LogP contribution is 2.32. The van der Waals surface area contributed by atoms with Crippen LogP contribution in [0.2, 0.25) is 0 Å². The molecule has 2 heterocycles. The third kappa shape index (κ3) is 3.22. The van der Waals surface area contributed by atoms with E-state index in [0.29, 0.717) is 31.8 Å². The molecule has 0 saturated heterocycles. The molecule has 0 aliphatic carbocycles. The molecule has 0 atom stereocenters. The molecule has 28 heavy (non-hydrogen) atoms. The fourth-order valence-corrected chi connectivity index (χ4v) is 4.44. The van der Waals surface area contributed by atoms with Crippen molar-refractivity contribution in [3.8, 4) is 0 Å². The summed E-state index contributed by atoms with van der Waals surface area (Å²) in [5.74, 6) is -0.376. The number of benzene rings is 2. The van der Waals surface area contributed by atoms with E-state index in [9.17, 15) is 14.0 Å². The van der Waals surface area contributed by atoms with Crippen molar-refractivity contribution in [1.82, 2.24) is 9.55 Å². The number of fused-ring (bicyclic) bond motifs is 3. The van der Waals surface area contributed by atoms with Gasteiger partial charge in [-0.25, -0.2) is 9.37 Å². The van der Waals surface area contributed by atoms with E-state index in [1.165, 1.54) is 22.0 Å². The van der Waals surface area contributed by atoms with Crippen LogP contribution in [0.5, 0.6) is 0 Å². The van der Waals surface area contributed by atoms with E-state index in [1.807, 2.05) is 19.1 Å². The molecule has 0 aliphatic rings. The standard InChI is InChI=1S/C20H15BrFN3O2S/c1-10-8-12(6-7-13(10)21)24-16(26)9-25-11(2)23-18-17-14(22)4-3-5-15(17)28-19(18)20(25)27/h3-8H,9H2,1-2H3,(H,24,26). The summed E-state index contributed by atoms with van der Waals surface area (Å²) in [6.45, 7) is 3.40. The van der Waals surface area contributed by atoms with Crippen LogP contribution in [0, 0.1) is 19.7 Å². The number of rotatable bonds is 3. The Hall–Kier alpha value is -2.58. The molecule has 4 rings (SSSR count). The van der Waals surface area contributed by atoms with Crippen LogP contribution in [-0.4, -0.2) is 15.5 Å². The lowest BCUT2D eigenvalue weighted by Gasteiger charge is -2.11. The molecule has 1 amide bonds. The second-order valence-electron chi connectivity index (χ2n) is 6.46. The van der Waals surface area contributed by atoms with Gasteiger partial charge in [-0.1, -0.05) is 22.0 Å². The summed E-state index contributed by atoms with van der Waals surface area (Å²) in [7, 11) is 0. The van der Waals surface area contributed by atoms with Crippen LogP contribution in [0.3, 0.4) is 0 Å². The largest absolute Gasteiger partial charge is 0.325 e. The van der Waals surface area contributed by atoms with E-state index in [1.54, 1.807) is 25.1 Å². The number of aryl methyl sites for hydroxylation is 2. The number of nitrogens with one attached hydrogen (secondary N) is 1. The smallest absolute Gasteiger partial charge is 0.272 e. The molecule has 0 fully saturated rings. The van der Waals surface area contributed by atoms with E-state index in [2.05, 4.69) is 26.2 Å². The summed E-state index contributed by atoms with van der Waals surface area (Å²) in [6.07, 6.45) is 0. The number of carbonyl (C=O) groups is 1. The van der Waals surface area contributed by atoms with E-state index in [0.717, 1.165) is 10.0 Å². The van der Waals surface area contributed by atoms with E-state index in [-0.39, 0.29) is 18.0 Å². The first kappa shape index (κ1) is 18.8. The van der Waals surface area contributed by atoms with Crippen LogP contribution >= 0.6 is 27.3 Å². The molecule has 142 valence electrons. The molecule has 2 aromatic carbocycles. The van der Waals surface area contributed by atoms with Crippen LogP contribution < -0.4 is 10.9 Å². The third-order valence-electron chi connectivity index (χ3n) is 4.49. The van der Waals surface area contributed by atoms with Gasteiger partial charge < -0.3 is 5.32 Å². The summed E-state index contributed by atoms with van der Waals surface area (Å²) in [6, 6.07) is 10.2. The van der Waals surface area contributed by atoms with Crippen molar-refractivity contribution in [3.05, 3.63) is 68.4 Å². The number of nitrogens with zero attached hydrogens (tertiary/aromatic N) is 2. The molecule has 2 aromatic heterocycles. The zero-order valence-corrected chi connectivity index (χ0v) is 17.4. The molecule has 0 saturated carbocycles. The zero-order chi connectivity index (χ0) is 20.0. The van der Waals surface area contributed by atoms with Gasteiger partial charge in [0, 0.05) is 14.9 Å². The van der Waals surface area contributed by atoms with E-state index < -0.39 is 5.82 Å². The number of anilines is 1. The normalized spacial score (nSPS) is 11.3. The van der Waals surface area contributed by atoms with Crippen molar-refractivity contribution in [1.29, 1.82) is 0 Å². The monoisotopic (exact) mass is 459 g/mol. The lowest BCUT2D eigenvalue weighted by atomic mass is 10.2. The topological polar surface area (TPSA) is 64.0 Å². The fraction of sp³-hybridized carbons (Fsp3) is 0.150. The average molecular weight is 460 g/mol. The zero-order valence-electron chi connectivity index (χ0n) is 15.0. The highest BCUT2D eigenvalue weighted by atomic mass is 79.9. The lowest BCUT2D eigenvalue weighted by molar-refractivity contribution is -0.116. The number of thiophene rings is 1. The maximum Gasteiger partial charge on any atom is 0.272 e. The predicted molar refractivity (Wildman–Crippen MR) is 114 cm³/mol. The van der Waals surface area contributed by atoms with Crippen molar-refractivity contribution in [2.45, 2.75) is 20.4 Å². The molecule has 0 spiro atoms. The Morgan fingerprint density at radius 1 is 1.29 bits per heavy atom. The van der Waals surface area contributed by atoms with Crippen molar-refractivity contribution < 1.29 is 9.18 Å². The van der Waals surface area contributed by atoms with E-state index >= 15 is 0 Å². The minimum absolute atomic E-state index is 0.167. The molecule has 4 aromatic rings. The van der Waals surface area contributed by atoms with E-state index in [4.69, 9.17) is 0 Å². The van der Waals surface area contributed by atoms with Gasteiger partial charge in [0.2, 0.25) is 5.91 Å². The molecular weight excluding hydrogens is 445 g/mol. The molecule has 0 radical (unpaired) electrons. The maximum absolute atomic E-state index is 14.2. The van der Waals surface area contributed by atoms with Crippen LogP contribution in [0.15, 0.2) is 45.7 Å². The van der Waals surface area contributed by atoms with Crippen LogP contribution in [-0.2, 0) is 11.3 Å². The predicted octanol–water partition coefficient (Wildman–Crippen LogP) is 4.77. The average Bonchev–Trinajstić information content (AvgIpc) is 3.02. The Labute approximate surface area is 172 Å². The molecule has 8 heteroatoms. The number of hydrogen-bond donors (Lipinski definition) is 1. The molecule has 0 unspecified atom stereocenters. The van der Waals surface area contributed by atoms with Crippen LogP contribution in [0.1, 0.15) is 11.4 Å². The van der Waals surface area contributed by atoms with Crippen molar-refractivity contribution in [2.75, 3.05) is 5.32 Å². The molecule has 0 bridgehead atoms. The summed E-state index contributed by atoms with van der Waals surface area (Å²) in [4.78, 5) is 29.8. The van der Waals surface area contributed by atoms with Gasteiger partial charge in [-0.05, 0) is 49.7 Å². The maximum atomic E-state index is 14.2. The number of aromatic nitrogens is 2. The summed E-state index contributed by atoms with van der Waals surface area (Å²) in [5, 5.41) is 3.14. The lowest BCUT2D eigenvalue weighted by Crippen LogP contribution is -2.29. The first-order valence-corrected chi connectivity index (χ1v) is 10.1. The van der Waals surface area contributed by atoms with Crippen LogP contribution in [0.4, 0.5) is 10.1 Å². The Morgan fingerprint density at radius 2 is 2.07 bits per heavy atom. The van der Waals surface area contributed by atoms with Crippen molar-refractivity contribution >= 4 is 59.2 Å². The summed E-state index contributed by atoms with van der Waals surface area (Å²) in [5.41, 5.74) is 1.64. The van der Waals surface area contributed by atoms with Gasteiger partial charge in [0.05, 0.1) is 10.9 Å². The molecule has 0 aliphatic heterocycles. The van der Waals surface area contributed by atoms with Gasteiger partial charge in [-0.15, -0.1) is 11.3 Å². The SMILES string of the molecule is Cc1cc(NC(=O)Cn2c(C)nc3c(sc4cccc(F)c43)c2=O)ccc1Br. The number of amides is 1. The van der Waals surface area contributed by atoms with Gasteiger partial charge >= 0.3 is 0 Å². The Balaban J connectivity index is 1.71. The van der Waals surface area contributed by atoms with Crippen molar-refractivity contribution in [2.24, 2.45) is 0 Å². The van der Waals surface area contributed by atoms with Gasteiger partial charge in [0.15, 0.2) is 0 Å². The number of hydrogen-bond acceptors (Lipinski definition) is 4. The molecule has 5 nitrogen and oxygen atoms in total. The van der Waals surface area contributed by atoms with Gasteiger partial charge in [-0.3, -0.25) is 14.2 Å². The second kappa shape index (κ2) is 7.10. The van der Waals surface area contributed by atoms with Gasteiger partial charge in [0.25, 0.3) is 5.56 Å². The Morgan fingerprint density at radius 3 is 2.82 bits per heavy atom. The fourth-order valence-electron chi connectivity index (χ4n) is 3.09. The number of halogens is 2. The third-order valence-corrected chi connectivity index (χ3v) is 6.51. The van der Waals surface area contributed by atoms with Gasteiger partial charge in [-0.2, -0.15) is 0 Å². The first-order chi connectivity index (χ1) is 13.3. The minimum Gasteiger partial charge on any atom is -0.325 e. The second-order valence-corrected chi connectivity index (χ2v) is 8.36. The molecule has 1 N–H and O–H groups in total. The first-order valence-electron chi connectivity index (χ1n) is 8.49. The Kier molecular flexibility index (Phi) is 4.76. The van der Waals surface area contributed by atoms with Crippen LogP contribution in [0.25, 0.3) is 20.3 Å².